The Labute approximate surface area is 277 Å². The molecule has 2 aliphatic heterocycles. The molecule has 0 aromatic heterocycles. The van der Waals surface area contributed by atoms with E-state index in [2.05, 4.69) is 29.2 Å². The lowest BCUT2D eigenvalue weighted by molar-refractivity contribution is -0.122. The minimum atomic E-state index is -0.967. The Kier molecular flexibility index (Phi) is 9.99. The van der Waals surface area contributed by atoms with E-state index in [0.29, 0.717) is 28.8 Å². The Balaban J connectivity index is 1.23. The number of fused-ring (bicyclic) bond motifs is 1. The zero-order valence-electron chi connectivity index (χ0n) is 25.4. The van der Waals surface area contributed by atoms with Crippen LogP contribution in [0.2, 0.25) is 0 Å². The SMILES string of the molecule is COc1ccc2cc(-c3cc(/C=C4\SC(=S)N(CCc5ccc(C(=O)O)cc5)C4=O)ccc3OCCN3CCOCC3)ccc2c1. The summed E-state index contributed by atoms with van der Waals surface area (Å²) in [5.41, 5.74) is 3.99. The molecule has 0 saturated carbocycles. The van der Waals surface area contributed by atoms with Gasteiger partial charge in [0, 0.05) is 31.7 Å². The highest BCUT2D eigenvalue weighted by Crippen LogP contribution is 2.37. The number of carbonyl (C=O) groups is 2. The van der Waals surface area contributed by atoms with Gasteiger partial charge in [0.1, 0.15) is 22.4 Å². The van der Waals surface area contributed by atoms with E-state index < -0.39 is 5.97 Å². The Morgan fingerprint density at radius 1 is 0.978 bits per heavy atom. The maximum atomic E-state index is 13.4. The van der Waals surface area contributed by atoms with Crippen LogP contribution >= 0.6 is 24.0 Å². The number of morpholine rings is 1. The topological polar surface area (TPSA) is 88.5 Å². The average molecular weight is 655 g/mol. The lowest BCUT2D eigenvalue weighted by Crippen LogP contribution is -2.38. The predicted molar refractivity (Wildman–Crippen MR) is 186 cm³/mol. The van der Waals surface area contributed by atoms with Crippen LogP contribution in [0.4, 0.5) is 0 Å². The highest BCUT2D eigenvalue weighted by atomic mass is 32.2. The van der Waals surface area contributed by atoms with Gasteiger partial charge in [-0.25, -0.2) is 4.79 Å². The summed E-state index contributed by atoms with van der Waals surface area (Å²) in [5.74, 6) is 0.484. The van der Waals surface area contributed by atoms with E-state index in [9.17, 15) is 9.59 Å². The molecular formula is C36H34N2O6S2. The van der Waals surface area contributed by atoms with Crippen molar-refractivity contribution in [2.75, 3.05) is 53.1 Å². The van der Waals surface area contributed by atoms with E-state index in [-0.39, 0.29) is 11.5 Å². The molecule has 6 rings (SSSR count). The molecule has 1 amide bonds. The number of carbonyl (C=O) groups excluding carboxylic acids is 1. The number of amides is 1. The second-order valence-electron chi connectivity index (χ2n) is 11.1. The molecule has 2 saturated heterocycles. The van der Waals surface area contributed by atoms with Crippen LogP contribution in [0.25, 0.3) is 28.0 Å². The molecule has 0 bridgehead atoms. The second kappa shape index (κ2) is 14.5. The summed E-state index contributed by atoms with van der Waals surface area (Å²) < 4.78 is 17.7. The van der Waals surface area contributed by atoms with Gasteiger partial charge >= 0.3 is 5.97 Å². The highest BCUT2D eigenvalue weighted by Gasteiger charge is 2.31. The Morgan fingerprint density at radius 2 is 1.74 bits per heavy atom. The fraction of sp³-hybridized carbons (Fsp3) is 0.250. The molecule has 2 fully saturated rings. The average Bonchev–Trinajstić information content (AvgIpc) is 3.35. The van der Waals surface area contributed by atoms with E-state index in [1.165, 1.54) is 11.8 Å². The van der Waals surface area contributed by atoms with Crippen LogP contribution in [0, 0.1) is 0 Å². The number of carboxylic acid groups (broad SMARTS) is 1. The molecule has 10 heteroatoms. The third-order valence-corrected chi connectivity index (χ3v) is 9.50. The van der Waals surface area contributed by atoms with Crippen molar-refractivity contribution in [2.45, 2.75) is 6.42 Å². The molecule has 236 valence electrons. The van der Waals surface area contributed by atoms with Crippen molar-refractivity contribution in [1.29, 1.82) is 0 Å². The van der Waals surface area contributed by atoms with Crippen molar-refractivity contribution >= 4 is 57.0 Å². The Hall–Kier alpha value is -4.22. The molecule has 4 aromatic rings. The second-order valence-corrected chi connectivity index (χ2v) is 12.7. The van der Waals surface area contributed by atoms with Crippen molar-refractivity contribution in [2.24, 2.45) is 0 Å². The number of aromatic carboxylic acids is 1. The molecule has 1 N–H and O–H groups in total. The first-order chi connectivity index (χ1) is 22.4. The molecule has 0 aliphatic carbocycles. The van der Waals surface area contributed by atoms with Crippen molar-refractivity contribution in [3.63, 3.8) is 0 Å². The fourth-order valence-corrected chi connectivity index (χ4v) is 6.82. The van der Waals surface area contributed by atoms with E-state index in [4.69, 9.17) is 31.5 Å². The molecule has 8 nitrogen and oxygen atoms in total. The largest absolute Gasteiger partial charge is 0.497 e. The Bertz CT molecular complexity index is 1800. The number of rotatable bonds is 11. The number of carboxylic acids is 1. The summed E-state index contributed by atoms with van der Waals surface area (Å²) in [4.78, 5) is 29.1. The third-order valence-electron chi connectivity index (χ3n) is 8.13. The first kappa shape index (κ1) is 31.7. The number of thiocarbonyl (C=S) groups is 1. The lowest BCUT2D eigenvalue weighted by Gasteiger charge is -2.26. The molecule has 2 heterocycles. The summed E-state index contributed by atoms with van der Waals surface area (Å²) in [5, 5.41) is 11.3. The van der Waals surface area contributed by atoms with Gasteiger partial charge in [0.15, 0.2) is 0 Å². The number of hydrogen-bond acceptors (Lipinski definition) is 8. The first-order valence-electron chi connectivity index (χ1n) is 15.1. The zero-order chi connectivity index (χ0) is 32.0. The van der Waals surface area contributed by atoms with E-state index >= 15 is 0 Å². The predicted octanol–water partition coefficient (Wildman–Crippen LogP) is 6.37. The molecule has 46 heavy (non-hydrogen) atoms. The van der Waals surface area contributed by atoms with Crippen molar-refractivity contribution in [3.8, 4) is 22.6 Å². The van der Waals surface area contributed by atoms with Crippen molar-refractivity contribution in [1.82, 2.24) is 9.80 Å². The summed E-state index contributed by atoms with van der Waals surface area (Å²) in [6.45, 7) is 5.07. The third kappa shape index (κ3) is 7.42. The fourth-order valence-electron chi connectivity index (χ4n) is 5.52. The Morgan fingerprint density at radius 3 is 2.50 bits per heavy atom. The number of benzene rings is 4. The van der Waals surface area contributed by atoms with Crippen LogP contribution < -0.4 is 9.47 Å². The smallest absolute Gasteiger partial charge is 0.335 e. The molecular weight excluding hydrogens is 621 g/mol. The summed E-state index contributed by atoms with van der Waals surface area (Å²) >= 11 is 6.87. The number of ether oxygens (including phenoxy) is 3. The van der Waals surface area contributed by atoms with Gasteiger partial charge in [0.2, 0.25) is 0 Å². The standard InChI is InChI=1S/C36H34N2O6S2/c1-42-30-10-9-27-22-29(8-7-28(27)23-30)31-20-25(4-11-32(31)44-19-16-37-14-17-43-18-15-37)21-33-34(39)38(36(45)46-33)13-12-24-2-5-26(6-3-24)35(40)41/h2-11,20-23H,12-19H2,1H3,(H,40,41)/b33-21-. The van der Waals surface area contributed by atoms with E-state index in [1.54, 1.807) is 36.3 Å². The first-order valence-corrected chi connectivity index (χ1v) is 16.3. The van der Waals surface area contributed by atoms with E-state index in [0.717, 1.165) is 77.4 Å². The molecule has 4 aromatic carbocycles. The van der Waals surface area contributed by atoms with Gasteiger partial charge in [0.05, 0.1) is 30.8 Å². The molecule has 0 spiro atoms. The van der Waals surface area contributed by atoms with Gasteiger partial charge in [-0.05, 0) is 82.4 Å². The van der Waals surface area contributed by atoms with Crippen LogP contribution in [-0.4, -0.2) is 84.2 Å². The molecule has 2 aliphatic rings. The van der Waals surface area contributed by atoms with Crippen molar-refractivity contribution in [3.05, 3.63) is 100 Å². The van der Waals surface area contributed by atoms with Crippen LogP contribution in [0.1, 0.15) is 21.5 Å². The summed E-state index contributed by atoms with van der Waals surface area (Å²) in [6.07, 6.45) is 2.45. The van der Waals surface area contributed by atoms with Gasteiger partial charge in [0.25, 0.3) is 5.91 Å². The van der Waals surface area contributed by atoms with Crippen LogP contribution in [0.3, 0.4) is 0 Å². The molecule has 0 atom stereocenters. The molecule has 0 unspecified atom stereocenters. The lowest BCUT2D eigenvalue weighted by atomic mass is 9.98. The van der Waals surface area contributed by atoms with Gasteiger partial charge in [-0.1, -0.05) is 60.4 Å². The van der Waals surface area contributed by atoms with Crippen LogP contribution in [0.5, 0.6) is 11.5 Å². The minimum absolute atomic E-state index is 0.135. The highest BCUT2D eigenvalue weighted by molar-refractivity contribution is 8.26. The van der Waals surface area contributed by atoms with Gasteiger partial charge in [-0.2, -0.15) is 0 Å². The van der Waals surface area contributed by atoms with Gasteiger partial charge in [-0.15, -0.1) is 0 Å². The number of hydrogen-bond donors (Lipinski definition) is 1. The number of nitrogens with zero attached hydrogens (tertiary/aromatic N) is 2. The normalized spacial score (nSPS) is 16.4. The monoisotopic (exact) mass is 654 g/mol. The van der Waals surface area contributed by atoms with Gasteiger partial charge in [-0.3, -0.25) is 14.6 Å². The number of methoxy groups -OCH3 is 1. The van der Waals surface area contributed by atoms with Gasteiger partial charge < -0.3 is 19.3 Å². The summed E-state index contributed by atoms with van der Waals surface area (Å²) in [6, 6.07) is 25.0. The van der Waals surface area contributed by atoms with Crippen LogP contribution in [-0.2, 0) is 16.0 Å². The minimum Gasteiger partial charge on any atom is -0.497 e. The maximum absolute atomic E-state index is 13.4. The van der Waals surface area contributed by atoms with Crippen molar-refractivity contribution < 1.29 is 28.9 Å². The van der Waals surface area contributed by atoms with Crippen LogP contribution in [0.15, 0.2) is 83.8 Å². The quantitative estimate of drug-likeness (QED) is 0.146. The zero-order valence-corrected chi connectivity index (χ0v) is 27.1. The molecule has 0 radical (unpaired) electrons. The number of thioether (sulfide) groups is 1. The summed E-state index contributed by atoms with van der Waals surface area (Å²) in [7, 11) is 1.66. The maximum Gasteiger partial charge on any atom is 0.335 e. The van der Waals surface area contributed by atoms with E-state index in [1.807, 2.05) is 36.4 Å².